The van der Waals surface area contributed by atoms with Gasteiger partial charge in [-0.25, -0.2) is 13.8 Å². The number of halogens is 2. The van der Waals surface area contributed by atoms with Crippen LogP contribution in [0.3, 0.4) is 0 Å². The van der Waals surface area contributed by atoms with Crippen molar-refractivity contribution in [3.63, 3.8) is 0 Å². The van der Waals surface area contributed by atoms with Crippen molar-refractivity contribution in [2.24, 2.45) is 0 Å². The summed E-state index contributed by atoms with van der Waals surface area (Å²) in [5, 5.41) is 11.9. The first-order chi connectivity index (χ1) is 12.9. The molecular formula is C20H17F2N5. The summed E-state index contributed by atoms with van der Waals surface area (Å²) in [7, 11) is 0. The summed E-state index contributed by atoms with van der Waals surface area (Å²) in [6, 6.07) is 12.5. The largest absolute Gasteiger partial charge is 0.383 e. The number of hydrogen-bond donors (Lipinski definition) is 2. The highest BCUT2D eigenvalue weighted by Gasteiger charge is 2.22. The molecule has 1 heterocycles. The number of aromatic nitrogens is 2. The van der Waals surface area contributed by atoms with Gasteiger partial charge in [0.2, 0.25) is 5.95 Å². The second kappa shape index (κ2) is 7.38. The molecule has 0 saturated heterocycles. The number of nitriles is 1. The van der Waals surface area contributed by atoms with E-state index in [0.717, 1.165) is 0 Å². The Morgan fingerprint density at radius 2 is 1.70 bits per heavy atom. The van der Waals surface area contributed by atoms with Crippen LogP contribution in [0, 0.1) is 29.9 Å². The molecule has 3 N–H and O–H groups in total. The Bertz CT molecular complexity index is 1010. The molecule has 27 heavy (non-hydrogen) atoms. The Morgan fingerprint density at radius 3 is 2.30 bits per heavy atom. The summed E-state index contributed by atoms with van der Waals surface area (Å²) in [5.41, 5.74) is 8.11. The van der Waals surface area contributed by atoms with Gasteiger partial charge in [-0.15, -0.1) is 0 Å². The molecule has 0 aliphatic rings. The van der Waals surface area contributed by atoms with Gasteiger partial charge in [-0.1, -0.05) is 13.0 Å². The molecule has 0 spiro atoms. The summed E-state index contributed by atoms with van der Waals surface area (Å²) in [4.78, 5) is 8.62. The molecule has 7 heteroatoms. The van der Waals surface area contributed by atoms with Crippen LogP contribution in [-0.2, 0) is 0 Å². The molecule has 1 atom stereocenters. The number of benzene rings is 2. The fourth-order valence-electron chi connectivity index (χ4n) is 2.85. The number of nitrogen functional groups attached to an aromatic ring is 1. The summed E-state index contributed by atoms with van der Waals surface area (Å²) >= 11 is 0. The lowest BCUT2D eigenvalue weighted by molar-refractivity contribution is 0.544. The average Bonchev–Trinajstić information content (AvgIpc) is 2.65. The molecule has 0 fully saturated rings. The van der Waals surface area contributed by atoms with Crippen molar-refractivity contribution in [1.29, 1.82) is 5.26 Å². The molecule has 0 aliphatic carbocycles. The van der Waals surface area contributed by atoms with Crippen LogP contribution in [0.2, 0.25) is 0 Å². The molecular weight excluding hydrogens is 348 g/mol. The van der Waals surface area contributed by atoms with E-state index >= 15 is 0 Å². The summed E-state index contributed by atoms with van der Waals surface area (Å²) < 4.78 is 28.4. The van der Waals surface area contributed by atoms with Crippen molar-refractivity contribution < 1.29 is 8.78 Å². The van der Waals surface area contributed by atoms with Crippen LogP contribution >= 0.6 is 0 Å². The number of nitrogens with zero attached hydrogens (tertiary/aromatic N) is 3. The lowest BCUT2D eigenvalue weighted by atomic mass is 9.93. The van der Waals surface area contributed by atoms with Gasteiger partial charge in [0, 0.05) is 22.7 Å². The van der Waals surface area contributed by atoms with Gasteiger partial charge in [0.1, 0.15) is 17.5 Å². The third-order valence-electron chi connectivity index (χ3n) is 4.33. The first-order valence-electron chi connectivity index (χ1n) is 8.25. The number of anilines is 3. The zero-order chi connectivity index (χ0) is 19.6. The molecule has 3 rings (SSSR count). The van der Waals surface area contributed by atoms with Crippen LogP contribution in [0.4, 0.5) is 26.2 Å². The van der Waals surface area contributed by atoms with E-state index in [-0.39, 0.29) is 17.3 Å². The lowest BCUT2D eigenvalue weighted by Crippen LogP contribution is -2.12. The normalized spacial score (nSPS) is 11.7. The highest BCUT2D eigenvalue weighted by atomic mass is 19.1. The number of rotatable bonds is 4. The van der Waals surface area contributed by atoms with Gasteiger partial charge >= 0.3 is 0 Å². The predicted octanol–water partition coefficient (Wildman–Crippen LogP) is 4.41. The van der Waals surface area contributed by atoms with E-state index in [4.69, 9.17) is 11.0 Å². The lowest BCUT2D eigenvalue weighted by Gasteiger charge is -2.18. The van der Waals surface area contributed by atoms with Gasteiger partial charge in [-0.2, -0.15) is 10.2 Å². The third kappa shape index (κ3) is 3.70. The van der Waals surface area contributed by atoms with Gasteiger partial charge in [0.15, 0.2) is 0 Å². The fourth-order valence-corrected chi connectivity index (χ4v) is 2.85. The third-order valence-corrected chi connectivity index (χ3v) is 4.33. The van der Waals surface area contributed by atoms with E-state index in [9.17, 15) is 8.78 Å². The highest BCUT2D eigenvalue weighted by molar-refractivity contribution is 5.58. The molecule has 3 aromatic rings. The molecule has 0 saturated carbocycles. The SMILES string of the molecule is Cc1c(N)nc(Nc2ccc(C#N)cc2)nc1[C@@H](C)c1c(F)cccc1F. The molecule has 0 aliphatic heterocycles. The minimum absolute atomic E-state index is 0.0666. The van der Waals surface area contributed by atoms with Gasteiger partial charge < -0.3 is 11.1 Å². The molecule has 1 aromatic heterocycles. The second-order valence-electron chi connectivity index (χ2n) is 6.11. The van der Waals surface area contributed by atoms with Crippen LogP contribution in [0.5, 0.6) is 0 Å². The maximum absolute atomic E-state index is 14.2. The Balaban J connectivity index is 2.00. The highest BCUT2D eigenvalue weighted by Crippen LogP contribution is 2.31. The van der Waals surface area contributed by atoms with E-state index < -0.39 is 17.6 Å². The number of hydrogen-bond acceptors (Lipinski definition) is 5. The van der Waals surface area contributed by atoms with Gasteiger partial charge in [-0.3, -0.25) is 0 Å². The summed E-state index contributed by atoms with van der Waals surface area (Å²) in [6.45, 7) is 3.38. The Labute approximate surface area is 155 Å². The van der Waals surface area contributed by atoms with Crippen LogP contribution in [-0.4, -0.2) is 9.97 Å². The first-order valence-corrected chi connectivity index (χ1v) is 8.25. The topological polar surface area (TPSA) is 87.6 Å². The van der Waals surface area contributed by atoms with Crippen LogP contribution in [0.1, 0.15) is 35.2 Å². The van der Waals surface area contributed by atoms with E-state index in [0.29, 0.717) is 22.5 Å². The summed E-state index contributed by atoms with van der Waals surface area (Å²) in [6.07, 6.45) is 0. The molecule has 5 nitrogen and oxygen atoms in total. The van der Waals surface area contributed by atoms with E-state index in [1.54, 1.807) is 38.1 Å². The van der Waals surface area contributed by atoms with Gasteiger partial charge in [-0.05, 0) is 43.3 Å². The van der Waals surface area contributed by atoms with Crippen LogP contribution < -0.4 is 11.1 Å². The van der Waals surface area contributed by atoms with E-state index in [2.05, 4.69) is 15.3 Å². The number of nitrogens with one attached hydrogen (secondary N) is 1. The predicted molar refractivity (Wildman–Crippen MR) is 99.5 cm³/mol. The molecule has 0 bridgehead atoms. The summed E-state index contributed by atoms with van der Waals surface area (Å²) in [5.74, 6) is -1.50. The second-order valence-corrected chi connectivity index (χ2v) is 6.11. The smallest absolute Gasteiger partial charge is 0.229 e. The van der Waals surface area contributed by atoms with Crippen molar-refractivity contribution in [2.45, 2.75) is 19.8 Å². The molecule has 0 amide bonds. The molecule has 0 unspecified atom stereocenters. The minimum atomic E-state index is -0.655. The van der Waals surface area contributed by atoms with E-state index in [1.807, 2.05) is 6.07 Å². The standard InChI is InChI=1S/C20H17F2N5/c1-11(17-15(21)4-3-5-16(17)22)18-12(2)19(24)27-20(26-18)25-14-8-6-13(10-23)7-9-14/h3-9,11H,1-2H3,(H3,24,25,26,27)/t11-/m0/s1. The molecule has 2 aromatic carbocycles. The monoisotopic (exact) mass is 365 g/mol. The maximum atomic E-state index is 14.2. The molecule has 0 radical (unpaired) electrons. The van der Waals surface area contributed by atoms with Crippen LogP contribution in [0.15, 0.2) is 42.5 Å². The maximum Gasteiger partial charge on any atom is 0.229 e. The van der Waals surface area contributed by atoms with Crippen molar-refractivity contribution in [3.05, 3.63) is 76.5 Å². The Kier molecular flexibility index (Phi) is 4.99. The number of nitrogens with two attached hydrogens (primary N) is 1. The first kappa shape index (κ1) is 18.3. The average molecular weight is 365 g/mol. The molecule has 136 valence electrons. The van der Waals surface area contributed by atoms with Crippen LogP contribution in [0.25, 0.3) is 0 Å². The Morgan fingerprint density at radius 1 is 1.07 bits per heavy atom. The van der Waals surface area contributed by atoms with Gasteiger partial charge in [0.05, 0.1) is 17.3 Å². The zero-order valence-corrected chi connectivity index (χ0v) is 14.8. The van der Waals surface area contributed by atoms with Crippen molar-refractivity contribution in [1.82, 2.24) is 9.97 Å². The zero-order valence-electron chi connectivity index (χ0n) is 14.8. The van der Waals surface area contributed by atoms with Crippen molar-refractivity contribution in [3.8, 4) is 6.07 Å². The van der Waals surface area contributed by atoms with Crippen molar-refractivity contribution >= 4 is 17.5 Å². The van der Waals surface area contributed by atoms with Gasteiger partial charge in [0.25, 0.3) is 0 Å². The van der Waals surface area contributed by atoms with E-state index in [1.165, 1.54) is 18.2 Å². The Hall–Kier alpha value is -3.53. The van der Waals surface area contributed by atoms with Crippen molar-refractivity contribution in [2.75, 3.05) is 11.1 Å². The quantitative estimate of drug-likeness (QED) is 0.715. The fraction of sp³-hybridized carbons (Fsp3) is 0.150. The minimum Gasteiger partial charge on any atom is -0.383 e.